The minimum Gasteiger partial charge on any atom is -0.264 e. The lowest BCUT2D eigenvalue weighted by molar-refractivity contribution is 1.07. The van der Waals surface area contributed by atoms with E-state index in [2.05, 4.69) is 289 Å². The topological polar surface area (TPSA) is 103 Å². The molecule has 0 spiro atoms. The normalized spacial score (nSPS) is 10.9. The highest BCUT2D eigenvalue weighted by Gasteiger charge is 2.22. The molecule has 0 saturated heterocycles. The van der Waals surface area contributed by atoms with Crippen LogP contribution in [0.15, 0.2) is 437 Å². The number of nitrogens with zero attached hydrogens (tertiary/aromatic N) is 8. The Hall–Kier alpha value is -15.1. The van der Waals surface area contributed by atoms with Crippen molar-refractivity contribution in [2.45, 2.75) is 0 Å². The first-order valence-corrected chi connectivity index (χ1v) is 37.4. The minimum atomic E-state index is 0.598. The molecule has 18 rings (SSSR count). The summed E-state index contributed by atoms with van der Waals surface area (Å²) in [5.41, 5.74) is 27.7. The van der Waals surface area contributed by atoms with Crippen molar-refractivity contribution in [1.29, 1.82) is 0 Å². The molecule has 0 unspecified atom stereocenters. The highest BCUT2D eigenvalue weighted by Crippen LogP contribution is 2.43. The van der Waals surface area contributed by atoms with E-state index < -0.39 is 0 Å². The Bertz CT molecular complexity index is 6070. The predicted molar refractivity (Wildman–Crippen MR) is 458 cm³/mol. The molecular formula is C104H72N8. The second-order valence-electron chi connectivity index (χ2n) is 27.0. The predicted octanol–water partition coefficient (Wildman–Crippen LogP) is 25.2. The average Bonchev–Trinajstić information content (AvgIpc) is 0.777. The van der Waals surface area contributed by atoms with Crippen LogP contribution < -0.4 is 0 Å². The fourth-order valence-corrected chi connectivity index (χ4v) is 14.3. The summed E-state index contributed by atoms with van der Waals surface area (Å²) in [5.74, 6) is 3.70. The van der Waals surface area contributed by atoms with Gasteiger partial charge in [0.15, 0.2) is 34.9 Å². The molecule has 0 aliphatic rings. The SMILES string of the molecule is c1ccc(C(=C(c2ccccc2)c2ccc(-c3cc(-c4cccnc4)cc(-c4nc(-c5ccccc5)nc(-c5ccccc5)n4)c3)cc2)c2ccccc2)cc1.c1ccc(C(=C(c2ccccc2)c2cccc(-c3cc(-c4cccnc4)cc(-c4nc(-c5ccccc5)nc(-c5ccccc5)n4)c3)c2)c2ccccc2)cc1. The second-order valence-corrected chi connectivity index (χ2v) is 27.0. The van der Waals surface area contributed by atoms with Crippen LogP contribution in [0.25, 0.3) is 135 Å². The first kappa shape index (κ1) is 69.9. The highest BCUT2D eigenvalue weighted by atomic mass is 15.0. The monoisotopic (exact) mass is 1430 g/mol. The molecule has 14 aromatic carbocycles. The van der Waals surface area contributed by atoms with E-state index >= 15 is 0 Å². The van der Waals surface area contributed by atoms with Crippen LogP contribution in [0, 0.1) is 0 Å². The first-order chi connectivity index (χ1) is 55.5. The van der Waals surface area contributed by atoms with Crippen molar-refractivity contribution in [3.8, 4) is 113 Å². The minimum absolute atomic E-state index is 0.598. The molecule has 0 amide bonds. The Balaban J connectivity index is 0.000000163. The summed E-state index contributed by atoms with van der Waals surface area (Å²) in [6.07, 6.45) is 7.40. The van der Waals surface area contributed by atoms with E-state index in [-0.39, 0.29) is 0 Å². The fraction of sp³-hybridized carbons (Fsp3) is 0. The van der Waals surface area contributed by atoms with Crippen LogP contribution in [0.4, 0.5) is 0 Å². The number of hydrogen-bond donors (Lipinski definition) is 0. The molecule has 4 aromatic heterocycles. The number of pyridine rings is 2. The maximum atomic E-state index is 5.10. The molecule has 8 nitrogen and oxygen atoms in total. The summed E-state index contributed by atoms with van der Waals surface area (Å²) in [6.45, 7) is 0. The van der Waals surface area contributed by atoms with E-state index in [0.29, 0.717) is 34.9 Å². The van der Waals surface area contributed by atoms with Gasteiger partial charge in [0.1, 0.15) is 0 Å². The second kappa shape index (κ2) is 33.3. The molecule has 0 radical (unpaired) electrons. The molecule has 528 valence electrons. The molecule has 4 heterocycles. The van der Waals surface area contributed by atoms with Gasteiger partial charge in [-0.2, -0.15) is 0 Å². The molecule has 0 aliphatic heterocycles. The van der Waals surface area contributed by atoms with E-state index in [9.17, 15) is 0 Å². The number of rotatable bonds is 18. The number of aromatic nitrogens is 8. The molecule has 0 saturated carbocycles. The van der Waals surface area contributed by atoms with Gasteiger partial charge in [0.2, 0.25) is 0 Å². The molecule has 8 heteroatoms. The maximum absolute atomic E-state index is 5.10. The van der Waals surface area contributed by atoms with Gasteiger partial charge in [-0.25, -0.2) is 29.9 Å². The summed E-state index contributed by atoms with van der Waals surface area (Å²) < 4.78 is 0. The van der Waals surface area contributed by atoms with E-state index in [1.807, 2.05) is 146 Å². The standard InChI is InChI=1S/2C52H36N4/c1-6-18-37(19-7-1)48(38-20-8-2-9-21-38)49(39-22-10-3-11-23-39)43-29-16-28-42(32-43)45-33-46(44-30-17-31-53-36-44)35-47(34-45)52-55-50(40-24-12-4-13-25-40)54-51(56-52)41-26-14-5-15-27-41;1-6-17-38(18-7-1)48(39-19-8-2-9-20-39)49(40-21-10-3-11-22-40)41-30-28-37(29-31-41)45-33-46(44-27-16-32-53-36-44)35-47(34-45)52-55-50(42-23-12-4-13-24-42)54-51(56-52)43-25-14-5-15-26-43/h2*1-36H. The Morgan fingerprint density at radius 3 is 0.634 bits per heavy atom. The Morgan fingerprint density at radius 1 is 0.134 bits per heavy atom. The highest BCUT2D eigenvalue weighted by molar-refractivity contribution is 6.06. The fourth-order valence-electron chi connectivity index (χ4n) is 14.3. The largest absolute Gasteiger partial charge is 0.264 e. The van der Waals surface area contributed by atoms with Crippen LogP contribution in [-0.2, 0) is 0 Å². The van der Waals surface area contributed by atoms with Crippen molar-refractivity contribution >= 4 is 22.3 Å². The molecule has 0 aliphatic carbocycles. The molecule has 0 bridgehead atoms. The lowest BCUT2D eigenvalue weighted by Crippen LogP contribution is -2.00. The van der Waals surface area contributed by atoms with Gasteiger partial charge in [-0.1, -0.05) is 358 Å². The zero-order chi connectivity index (χ0) is 75.0. The Labute approximate surface area is 652 Å². The summed E-state index contributed by atoms with van der Waals surface area (Å²) in [4.78, 5) is 39.2. The van der Waals surface area contributed by atoms with Gasteiger partial charge in [0, 0.05) is 69.3 Å². The molecule has 0 N–H and O–H groups in total. The summed E-state index contributed by atoms with van der Waals surface area (Å²) in [7, 11) is 0. The Morgan fingerprint density at radius 2 is 0.348 bits per heavy atom. The van der Waals surface area contributed by atoms with Crippen LogP contribution in [0.1, 0.15) is 44.5 Å². The lowest BCUT2D eigenvalue weighted by Gasteiger charge is -2.19. The maximum Gasteiger partial charge on any atom is 0.164 e. The van der Waals surface area contributed by atoms with Crippen LogP contribution >= 0.6 is 0 Å². The molecular weight excluding hydrogens is 1360 g/mol. The summed E-state index contributed by atoms with van der Waals surface area (Å²) in [6, 6.07) is 143. The van der Waals surface area contributed by atoms with Gasteiger partial charge < -0.3 is 0 Å². The first-order valence-electron chi connectivity index (χ1n) is 37.4. The van der Waals surface area contributed by atoms with Crippen molar-refractivity contribution in [3.63, 3.8) is 0 Å². The number of hydrogen-bond acceptors (Lipinski definition) is 8. The van der Waals surface area contributed by atoms with Crippen molar-refractivity contribution < 1.29 is 0 Å². The Kier molecular flexibility index (Phi) is 20.8. The van der Waals surface area contributed by atoms with Crippen molar-refractivity contribution in [3.05, 3.63) is 482 Å². The zero-order valence-corrected chi connectivity index (χ0v) is 61.1. The number of benzene rings is 14. The van der Waals surface area contributed by atoms with E-state index in [4.69, 9.17) is 29.9 Å². The van der Waals surface area contributed by atoms with E-state index in [1.54, 1.807) is 12.4 Å². The van der Waals surface area contributed by atoms with Gasteiger partial charge in [-0.3, -0.25) is 9.97 Å². The van der Waals surface area contributed by atoms with Gasteiger partial charge >= 0.3 is 0 Å². The molecule has 0 fully saturated rings. The van der Waals surface area contributed by atoms with Crippen LogP contribution in [-0.4, -0.2) is 39.9 Å². The van der Waals surface area contributed by atoms with E-state index in [0.717, 1.165) is 128 Å². The van der Waals surface area contributed by atoms with Crippen molar-refractivity contribution in [2.24, 2.45) is 0 Å². The smallest absolute Gasteiger partial charge is 0.164 e. The summed E-state index contributed by atoms with van der Waals surface area (Å²) in [5, 5.41) is 0. The van der Waals surface area contributed by atoms with Crippen LogP contribution in [0.3, 0.4) is 0 Å². The summed E-state index contributed by atoms with van der Waals surface area (Å²) >= 11 is 0. The lowest BCUT2D eigenvalue weighted by atomic mass is 9.85. The van der Waals surface area contributed by atoms with E-state index in [1.165, 1.54) is 16.7 Å². The van der Waals surface area contributed by atoms with Crippen molar-refractivity contribution in [2.75, 3.05) is 0 Å². The van der Waals surface area contributed by atoms with Crippen molar-refractivity contribution in [1.82, 2.24) is 39.9 Å². The molecule has 0 atom stereocenters. The van der Waals surface area contributed by atoms with Gasteiger partial charge in [-0.05, 0) is 155 Å². The van der Waals surface area contributed by atoms with Gasteiger partial charge in [-0.15, -0.1) is 0 Å². The van der Waals surface area contributed by atoms with Crippen LogP contribution in [0.5, 0.6) is 0 Å². The third-order valence-electron chi connectivity index (χ3n) is 19.6. The van der Waals surface area contributed by atoms with Gasteiger partial charge in [0.25, 0.3) is 0 Å². The quantitative estimate of drug-likeness (QED) is 0.0783. The van der Waals surface area contributed by atoms with Gasteiger partial charge in [0.05, 0.1) is 0 Å². The molecule has 112 heavy (non-hydrogen) atoms. The third kappa shape index (κ3) is 16.0. The average molecular weight is 1430 g/mol. The third-order valence-corrected chi connectivity index (χ3v) is 19.6. The zero-order valence-electron chi connectivity index (χ0n) is 61.1. The van der Waals surface area contributed by atoms with Crippen LogP contribution in [0.2, 0.25) is 0 Å². The molecule has 18 aromatic rings.